The van der Waals surface area contributed by atoms with Crippen molar-refractivity contribution < 1.29 is 4.74 Å². The molecule has 0 radical (unpaired) electrons. The Kier molecular flexibility index (Phi) is 4.20. The minimum absolute atomic E-state index is 0.0201. The molecule has 0 bridgehead atoms. The Hall–Kier alpha value is -1.55. The minimum Gasteiger partial charge on any atom is -0.497 e. The number of ether oxygens (including phenoxy) is 1. The fraction of sp³-hybridized carbons (Fsp3) is 0.214. The molecule has 0 unspecified atom stereocenters. The van der Waals surface area contributed by atoms with E-state index in [-0.39, 0.29) is 5.56 Å². The first-order valence-electron chi connectivity index (χ1n) is 5.68. The highest BCUT2D eigenvalue weighted by Crippen LogP contribution is 2.12. The summed E-state index contributed by atoms with van der Waals surface area (Å²) in [7, 11) is 1.65. The van der Waals surface area contributed by atoms with Crippen LogP contribution in [-0.4, -0.2) is 11.7 Å². The number of hydrogen-bond donors (Lipinski definition) is 0. The van der Waals surface area contributed by atoms with E-state index in [1.54, 1.807) is 23.8 Å². The van der Waals surface area contributed by atoms with Crippen LogP contribution < -0.4 is 10.3 Å². The first kappa shape index (κ1) is 12.9. The lowest BCUT2D eigenvalue weighted by atomic mass is 10.1. The summed E-state index contributed by atoms with van der Waals surface area (Å²) in [6.07, 6.45) is 2.63. The van der Waals surface area contributed by atoms with Gasteiger partial charge in [0.15, 0.2) is 0 Å². The van der Waals surface area contributed by atoms with E-state index in [9.17, 15) is 4.79 Å². The SMILES string of the molecule is COc1ccc(CCn2cc(Br)ccc2=O)cc1. The van der Waals surface area contributed by atoms with Crippen molar-refractivity contribution in [3.05, 3.63) is 63.0 Å². The quantitative estimate of drug-likeness (QED) is 0.870. The van der Waals surface area contributed by atoms with Crippen molar-refractivity contribution in [2.24, 2.45) is 0 Å². The van der Waals surface area contributed by atoms with Crippen LogP contribution in [0.2, 0.25) is 0 Å². The highest BCUT2D eigenvalue weighted by molar-refractivity contribution is 9.10. The van der Waals surface area contributed by atoms with Crippen LogP contribution in [0.25, 0.3) is 0 Å². The Morgan fingerprint density at radius 3 is 2.56 bits per heavy atom. The molecule has 4 heteroatoms. The number of aryl methyl sites for hydroxylation is 2. The van der Waals surface area contributed by atoms with Gasteiger partial charge in [-0.2, -0.15) is 0 Å². The largest absolute Gasteiger partial charge is 0.497 e. The van der Waals surface area contributed by atoms with E-state index in [2.05, 4.69) is 15.9 Å². The van der Waals surface area contributed by atoms with Crippen LogP contribution in [0.15, 0.2) is 51.9 Å². The third kappa shape index (κ3) is 3.23. The van der Waals surface area contributed by atoms with Gasteiger partial charge in [0.2, 0.25) is 0 Å². The Balaban J connectivity index is 2.06. The van der Waals surface area contributed by atoms with Crippen LogP contribution in [0.5, 0.6) is 5.75 Å². The highest BCUT2D eigenvalue weighted by atomic mass is 79.9. The zero-order chi connectivity index (χ0) is 13.0. The summed E-state index contributed by atoms with van der Waals surface area (Å²) >= 11 is 3.37. The van der Waals surface area contributed by atoms with E-state index in [1.165, 1.54) is 5.56 Å². The second kappa shape index (κ2) is 5.87. The molecule has 0 saturated heterocycles. The van der Waals surface area contributed by atoms with Gasteiger partial charge >= 0.3 is 0 Å². The average Bonchev–Trinajstić information content (AvgIpc) is 2.40. The first-order chi connectivity index (χ1) is 8.69. The molecule has 1 heterocycles. The Morgan fingerprint density at radius 1 is 1.17 bits per heavy atom. The molecule has 0 N–H and O–H groups in total. The lowest BCUT2D eigenvalue weighted by Gasteiger charge is -2.06. The Labute approximate surface area is 114 Å². The molecule has 1 aromatic carbocycles. The Morgan fingerprint density at radius 2 is 1.89 bits per heavy atom. The number of methoxy groups -OCH3 is 1. The van der Waals surface area contributed by atoms with Crippen LogP contribution in [-0.2, 0) is 13.0 Å². The molecule has 0 saturated carbocycles. The highest BCUT2D eigenvalue weighted by Gasteiger charge is 1.99. The maximum atomic E-state index is 11.6. The van der Waals surface area contributed by atoms with Crippen molar-refractivity contribution in [2.45, 2.75) is 13.0 Å². The van der Waals surface area contributed by atoms with Gasteiger partial charge in [-0.1, -0.05) is 12.1 Å². The molecule has 2 aromatic rings. The number of aromatic nitrogens is 1. The molecule has 0 fully saturated rings. The zero-order valence-electron chi connectivity index (χ0n) is 10.1. The topological polar surface area (TPSA) is 31.2 Å². The van der Waals surface area contributed by atoms with Crippen molar-refractivity contribution in [1.82, 2.24) is 4.57 Å². The average molecular weight is 308 g/mol. The van der Waals surface area contributed by atoms with E-state index in [4.69, 9.17) is 4.74 Å². The van der Waals surface area contributed by atoms with E-state index in [1.807, 2.05) is 30.5 Å². The van der Waals surface area contributed by atoms with Gasteiger partial charge in [-0.3, -0.25) is 4.79 Å². The van der Waals surface area contributed by atoms with Gasteiger partial charge in [-0.05, 0) is 46.1 Å². The molecule has 0 aliphatic heterocycles. The number of halogens is 1. The van der Waals surface area contributed by atoms with Crippen LogP contribution >= 0.6 is 15.9 Å². The number of benzene rings is 1. The molecule has 0 spiro atoms. The molecule has 18 heavy (non-hydrogen) atoms. The van der Waals surface area contributed by atoms with Crippen LogP contribution in [0.1, 0.15) is 5.56 Å². The van der Waals surface area contributed by atoms with E-state index in [0.29, 0.717) is 6.54 Å². The fourth-order valence-corrected chi connectivity index (χ4v) is 2.10. The number of pyridine rings is 1. The van der Waals surface area contributed by atoms with Crippen molar-refractivity contribution in [2.75, 3.05) is 7.11 Å². The standard InChI is InChI=1S/C14H14BrNO2/c1-18-13-5-2-11(3-6-13)8-9-16-10-12(15)4-7-14(16)17/h2-7,10H,8-9H2,1H3. The van der Waals surface area contributed by atoms with Crippen LogP contribution in [0, 0.1) is 0 Å². The smallest absolute Gasteiger partial charge is 0.250 e. The second-order valence-electron chi connectivity index (χ2n) is 3.98. The van der Waals surface area contributed by atoms with Crippen LogP contribution in [0.3, 0.4) is 0 Å². The monoisotopic (exact) mass is 307 g/mol. The van der Waals surface area contributed by atoms with Gasteiger partial charge < -0.3 is 9.30 Å². The molecule has 94 valence electrons. The number of rotatable bonds is 4. The van der Waals surface area contributed by atoms with Crippen molar-refractivity contribution in [3.8, 4) is 5.75 Å². The Bertz CT molecular complexity index is 575. The van der Waals surface area contributed by atoms with E-state index < -0.39 is 0 Å². The lowest BCUT2D eigenvalue weighted by Crippen LogP contribution is -2.19. The normalized spacial score (nSPS) is 10.3. The van der Waals surface area contributed by atoms with Crippen molar-refractivity contribution >= 4 is 15.9 Å². The third-order valence-electron chi connectivity index (χ3n) is 2.75. The van der Waals surface area contributed by atoms with E-state index in [0.717, 1.165) is 16.6 Å². The maximum absolute atomic E-state index is 11.6. The molecular formula is C14H14BrNO2. The first-order valence-corrected chi connectivity index (χ1v) is 6.47. The fourth-order valence-electron chi connectivity index (χ4n) is 1.72. The molecule has 0 atom stereocenters. The maximum Gasteiger partial charge on any atom is 0.250 e. The van der Waals surface area contributed by atoms with Gasteiger partial charge in [0.05, 0.1) is 7.11 Å². The molecule has 0 aliphatic carbocycles. The summed E-state index contributed by atoms with van der Waals surface area (Å²) in [6.45, 7) is 0.671. The summed E-state index contributed by atoms with van der Waals surface area (Å²) < 4.78 is 7.72. The summed E-state index contributed by atoms with van der Waals surface area (Å²) in [4.78, 5) is 11.6. The third-order valence-corrected chi connectivity index (χ3v) is 3.22. The molecule has 1 aromatic heterocycles. The summed E-state index contributed by atoms with van der Waals surface area (Å²) in [5.74, 6) is 0.846. The minimum atomic E-state index is 0.0201. The summed E-state index contributed by atoms with van der Waals surface area (Å²) in [5, 5.41) is 0. The summed E-state index contributed by atoms with van der Waals surface area (Å²) in [6, 6.07) is 11.2. The zero-order valence-corrected chi connectivity index (χ0v) is 11.7. The predicted molar refractivity (Wildman–Crippen MR) is 75.1 cm³/mol. The molecule has 3 nitrogen and oxygen atoms in total. The lowest BCUT2D eigenvalue weighted by molar-refractivity contribution is 0.414. The van der Waals surface area contributed by atoms with Gasteiger partial charge in [0.1, 0.15) is 5.75 Å². The van der Waals surface area contributed by atoms with Crippen LogP contribution in [0.4, 0.5) is 0 Å². The summed E-state index contributed by atoms with van der Waals surface area (Å²) in [5.41, 5.74) is 1.20. The van der Waals surface area contributed by atoms with Crippen molar-refractivity contribution in [3.63, 3.8) is 0 Å². The molecular weight excluding hydrogens is 294 g/mol. The molecule has 0 amide bonds. The van der Waals surface area contributed by atoms with Gasteiger partial charge in [-0.25, -0.2) is 0 Å². The van der Waals surface area contributed by atoms with Crippen molar-refractivity contribution in [1.29, 1.82) is 0 Å². The number of nitrogens with zero attached hydrogens (tertiary/aromatic N) is 1. The van der Waals surface area contributed by atoms with Gasteiger partial charge in [0, 0.05) is 23.3 Å². The molecule has 2 rings (SSSR count). The molecule has 0 aliphatic rings. The van der Waals surface area contributed by atoms with Gasteiger partial charge in [0.25, 0.3) is 5.56 Å². The predicted octanol–water partition coefficient (Wildman–Crippen LogP) is 2.86. The van der Waals surface area contributed by atoms with Gasteiger partial charge in [-0.15, -0.1) is 0 Å². The second-order valence-corrected chi connectivity index (χ2v) is 4.89. The number of hydrogen-bond acceptors (Lipinski definition) is 2. The van der Waals surface area contributed by atoms with E-state index >= 15 is 0 Å².